The van der Waals surface area contributed by atoms with Crippen LogP contribution in [0.1, 0.15) is 75.0 Å². The molecule has 0 amide bonds. The summed E-state index contributed by atoms with van der Waals surface area (Å²) in [7, 11) is 0. The van der Waals surface area contributed by atoms with Crippen LogP contribution < -0.4 is 15.5 Å². The molecule has 1 unspecified atom stereocenters. The zero-order valence-electron chi connectivity index (χ0n) is 23.7. The van der Waals surface area contributed by atoms with Gasteiger partial charge in [0.05, 0.1) is 5.56 Å². The summed E-state index contributed by atoms with van der Waals surface area (Å²) in [6.07, 6.45) is 8.30. The summed E-state index contributed by atoms with van der Waals surface area (Å²) in [5.41, 5.74) is 4.09. The average molecular weight is 563 g/mol. The first-order chi connectivity index (χ1) is 19.9. The second kappa shape index (κ2) is 12.4. The van der Waals surface area contributed by atoms with Gasteiger partial charge in [0.15, 0.2) is 0 Å². The van der Waals surface area contributed by atoms with E-state index >= 15 is 0 Å². The summed E-state index contributed by atoms with van der Waals surface area (Å²) >= 11 is 0. The van der Waals surface area contributed by atoms with E-state index in [1.165, 1.54) is 67.3 Å². The fourth-order valence-electron chi connectivity index (χ4n) is 7.24. The highest BCUT2D eigenvalue weighted by molar-refractivity contribution is 5.67. The zero-order valence-corrected chi connectivity index (χ0v) is 23.7. The molecule has 0 radical (unpaired) electrons. The van der Waals surface area contributed by atoms with Crippen molar-refractivity contribution in [1.82, 2.24) is 10.3 Å². The monoisotopic (exact) mass is 562 g/mol. The lowest BCUT2D eigenvalue weighted by Crippen LogP contribution is -2.39. The molecule has 6 rings (SSSR count). The van der Waals surface area contributed by atoms with Gasteiger partial charge in [0.1, 0.15) is 5.82 Å². The van der Waals surface area contributed by atoms with Crippen LogP contribution in [0.3, 0.4) is 0 Å². The smallest absolute Gasteiger partial charge is 0.371 e. The van der Waals surface area contributed by atoms with Gasteiger partial charge in [-0.2, -0.15) is 13.2 Å². The van der Waals surface area contributed by atoms with Crippen molar-refractivity contribution in [3.05, 3.63) is 78.0 Å². The summed E-state index contributed by atoms with van der Waals surface area (Å²) in [6.45, 7) is 2.91. The van der Waals surface area contributed by atoms with Crippen molar-refractivity contribution in [2.75, 3.05) is 29.9 Å². The molecule has 3 heterocycles. The minimum atomic E-state index is -4.29. The number of piperidine rings is 1. The third-order valence-electron chi connectivity index (χ3n) is 9.40. The van der Waals surface area contributed by atoms with Gasteiger partial charge in [-0.05, 0) is 122 Å². The Bertz CT molecular complexity index is 1290. The maximum absolute atomic E-state index is 13.0. The summed E-state index contributed by atoms with van der Waals surface area (Å²) < 4.78 is 39.1. The number of alkyl halides is 3. The minimum Gasteiger partial charge on any atom is -0.371 e. The van der Waals surface area contributed by atoms with Gasteiger partial charge in [0, 0.05) is 37.1 Å². The van der Waals surface area contributed by atoms with Crippen molar-refractivity contribution >= 4 is 11.5 Å². The van der Waals surface area contributed by atoms with E-state index in [9.17, 15) is 13.2 Å². The molecule has 2 N–H and O–H groups in total. The first-order valence-electron chi connectivity index (χ1n) is 15.4. The van der Waals surface area contributed by atoms with Crippen LogP contribution in [0.2, 0.25) is 0 Å². The molecule has 0 bridgehead atoms. The normalized spacial score (nSPS) is 25.3. The quantitative estimate of drug-likeness (QED) is 0.303. The number of nitrogens with one attached hydrogen (secondary N) is 2. The maximum Gasteiger partial charge on any atom is 0.416 e. The van der Waals surface area contributed by atoms with Gasteiger partial charge >= 0.3 is 6.18 Å². The van der Waals surface area contributed by atoms with Crippen molar-refractivity contribution in [1.29, 1.82) is 0 Å². The second-order valence-electron chi connectivity index (χ2n) is 12.2. The van der Waals surface area contributed by atoms with Gasteiger partial charge in [-0.3, -0.25) is 0 Å². The molecule has 218 valence electrons. The molecule has 3 fully saturated rings. The number of anilines is 2. The van der Waals surface area contributed by atoms with Crippen LogP contribution in [0, 0.1) is 11.8 Å². The molecule has 1 saturated carbocycles. The molecule has 0 spiro atoms. The number of halogens is 3. The van der Waals surface area contributed by atoms with Crippen molar-refractivity contribution in [3.8, 4) is 11.1 Å². The van der Waals surface area contributed by atoms with Crippen LogP contribution in [0.4, 0.5) is 24.7 Å². The maximum atomic E-state index is 13.0. The van der Waals surface area contributed by atoms with E-state index in [2.05, 4.69) is 51.9 Å². The van der Waals surface area contributed by atoms with E-state index in [4.69, 9.17) is 4.98 Å². The lowest BCUT2D eigenvalue weighted by Gasteiger charge is -2.39. The summed E-state index contributed by atoms with van der Waals surface area (Å²) in [4.78, 5) is 6.98. The van der Waals surface area contributed by atoms with Crippen LogP contribution in [0.5, 0.6) is 0 Å². The van der Waals surface area contributed by atoms with Crippen molar-refractivity contribution in [2.45, 2.75) is 76.0 Å². The Morgan fingerprint density at radius 2 is 1.71 bits per heavy atom. The molecule has 1 aromatic heterocycles. The second-order valence-corrected chi connectivity index (χ2v) is 12.2. The predicted octanol–water partition coefficient (Wildman–Crippen LogP) is 8.47. The first-order valence-corrected chi connectivity index (χ1v) is 15.4. The molecular weight excluding hydrogens is 521 g/mol. The summed E-state index contributed by atoms with van der Waals surface area (Å²) in [5, 5.41) is 7.43. The third-order valence-corrected chi connectivity index (χ3v) is 9.40. The Labute approximate surface area is 241 Å². The number of pyridine rings is 1. The highest BCUT2D eigenvalue weighted by atomic mass is 19.4. The van der Waals surface area contributed by atoms with Crippen LogP contribution in [0.15, 0.2) is 66.9 Å². The minimum absolute atomic E-state index is 0.391. The van der Waals surface area contributed by atoms with Crippen molar-refractivity contribution in [2.24, 2.45) is 11.8 Å². The van der Waals surface area contributed by atoms with Crippen LogP contribution in [-0.4, -0.2) is 30.7 Å². The fraction of sp³-hybridized carbons (Fsp3) is 0.500. The van der Waals surface area contributed by atoms with Crippen LogP contribution in [-0.2, 0) is 6.18 Å². The number of rotatable bonds is 7. The predicted molar refractivity (Wildman–Crippen MR) is 160 cm³/mol. The molecule has 3 aliphatic rings. The van der Waals surface area contributed by atoms with E-state index in [1.54, 1.807) is 12.1 Å². The number of nitrogens with zero attached hydrogens (tertiary/aromatic N) is 2. The van der Waals surface area contributed by atoms with E-state index in [-0.39, 0.29) is 0 Å². The Hall–Kier alpha value is -3.06. The standard InChI is InChI=1S/C34H41F3N4/c35-34(36,37)29-12-14-30(15-13-29)41-19-5-6-24(23-41)20-27-7-1-2-10-32(27)40-33-22-26(16-18-39-33)25-8-3-9-28(21-25)31-11-4-17-38-31/h3,8-9,12-16,18,21-22,24,27,31-32,38H,1-2,4-7,10-11,17,19-20,23H2,(H,39,40)/t24-,27+,31?,32-/m1/s1. The Kier molecular flexibility index (Phi) is 8.52. The van der Waals surface area contributed by atoms with Crippen LogP contribution >= 0.6 is 0 Å². The molecule has 2 aliphatic heterocycles. The lowest BCUT2D eigenvalue weighted by molar-refractivity contribution is -0.137. The highest BCUT2D eigenvalue weighted by Crippen LogP contribution is 2.37. The number of hydrogen-bond acceptors (Lipinski definition) is 4. The number of aromatic nitrogens is 1. The molecule has 4 nitrogen and oxygen atoms in total. The molecule has 4 atom stereocenters. The molecule has 2 saturated heterocycles. The first kappa shape index (κ1) is 28.1. The fourth-order valence-corrected chi connectivity index (χ4v) is 7.24. The SMILES string of the molecule is FC(F)(F)c1ccc(N2CCC[C@H](C[C@@H]3CCCC[C@H]3Nc3cc(-c4cccc(C5CCCN5)c4)ccn3)C2)cc1. The van der Waals surface area contributed by atoms with Crippen molar-refractivity contribution < 1.29 is 13.2 Å². The molecule has 7 heteroatoms. The molecule has 41 heavy (non-hydrogen) atoms. The molecular formula is C34H41F3N4. The van der Waals surface area contributed by atoms with Gasteiger partial charge in [-0.15, -0.1) is 0 Å². The van der Waals surface area contributed by atoms with Crippen LogP contribution in [0.25, 0.3) is 11.1 Å². The molecule has 1 aliphatic carbocycles. The Morgan fingerprint density at radius 1 is 0.878 bits per heavy atom. The highest BCUT2D eigenvalue weighted by Gasteiger charge is 2.32. The van der Waals surface area contributed by atoms with E-state index in [0.717, 1.165) is 50.4 Å². The molecule has 2 aromatic carbocycles. The summed E-state index contributed by atoms with van der Waals surface area (Å²) in [6, 6.07) is 19.7. The van der Waals surface area contributed by atoms with Crippen molar-refractivity contribution in [3.63, 3.8) is 0 Å². The Morgan fingerprint density at radius 3 is 2.51 bits per heavy atom. The average Bonchev–Trinajstić information content (AvgIpc) is 3.54. The largest absolute Gasteiger partial charge is 0.416 e. The number of benzene rings is 2. The topological polar surface area (TPSA) is 40.2 Å². The van der Waals surface area contributed by atoms with Gasteiger partial charge in [0.2, 0.25) is 0 Å². The van der Waals surface area contributed by atoms with E-state index in [1.807, 2.05) is 6.20 Å². The zero-order chi connectivity index (χ0) is 28.2. The Balaban J connectivity index is 1.10. The van der Waals surface area contributed by atoms with Gasteiger partial charge in [-0.1, -0.05) is 31.0 Å². The summed E-state index contributed by atoms with van der Waals surface area (Å²) in [5.74, 6) is 2.06. The van der Waals surface area contributed by atoms with Gasteiger partial charge in [0.25, 0.3) is 0 Å². The van der Waals surface area contributed by atoms with E-state index in [0.29, 0.717) is 23.9 Å². The van der Waals surface area contributed by atoms with Gasteiger partial charge in [-0.25, -0.2) is 4.98 Å². The van der Waals surface area contributed by atoms with E-state index < -0.39 is 11.7 Å². The van der Waals surface area contributed by atoms with Gasteiger partial charge < -0.3 is 15.5 Å². The number of hydrogen-bond donors (Lipinski definition) is 2. The molecule has 3 aromatic rings. The lowest BCUT2D eigenvalue weighted by atomic mass is 9.77. The third kappa shape index (κ3) is 6.88.